The first-order valence-electron chi connectivity index (χ1n) is 8.77. The molecule has 138 valence electrons. The maximum Gasteiger partial charge on any atom is 0.336 e. The number of hydrogen-bond acceptors (Lipinski definition) is 4. The lowest BCUT2D eigenvalue weighted by Gasteiger charge is -2.15. The highest BCUT2D eigenvalue weighted by molar-refractivity contribution is 5.86. The number of fused-ring (bicyclic) bond motifs is 1. The minimum Gasteiger partial charge on any atom is -0.349 e. The molecular formula is C20H16N6O2. The van der Waals surface area contributed by atoms with Gasteiger partial charge in [0.2, 0.25) is 0 Å². The fourth-order valence-corrected chi connectivity index (χ4v) is 3.34. The lowest BCUT2D eigenvalue weighted by Crippen LogP contribution is -2.40. The zero-order valence-electron chi connectivity index (χ0n) is 15.0. The van der Waals surface area contributed by atoms with Crippen LogP contribution in [-0.2, 0) is 13.6 Å². The van der Waals surface area contributed by atoms with Crippen molar-refractivity contribution in [1.82, 2.24) is 28.9 Å². The van der Waals surface area contributed by atoms with Crippen LogP contribution in [0, 0.1) is 0 Å². The average molecular weight is 372 g/mol. The molecule has 0 amide bonds. The number of H-pyrrole nitrogens is 1. The highest BCUT2D eigenvalue weighted by Crippen LogP contribution is 2.24. The SMILES string of the molecule is Cn1cc(-c2cc3c([nH]2)c(=O)n(Cc2ccncc2)c(=O)n3C2=CC=C2)cn1. The van der Waals surface area contributed by atoms with Gasteiger partial charge in [0.15, 0.2) is 0 Å². The topological polar surface area (TPSA) is 90.5 Å². The molecule has 4 heterocycles. The van der Waals surface area contributed by atoms with Crippen molar-refractivity contribution in [3.63, 3.8) is 0 Å². The smallest absolute Gasteiger partial charge is 0.336 e. The first kappa shape index (κ1) is 16.2. The predicted octanol–water partition coefficient (Wildman–Crippen LogP) is 1.75. The molecule has 0 bridgehead atoms. The monoisotopic (exact) mass is 372 g/mol. The summed E-state index contributed by atoms with van der Waals surface area (Å²) in [5.74, 6) is 0. The summed E-state index contributed by atoms with van der Waals surface area (Å²) in [6.45, 7) is 0.175. The second-order valence-electron chi connectivity index (χ2n) is 6.66. The van der Waals surface area contributed by atoms with Crippen molar-refractivity contribution < 1.29 is 0 Å². The average Bonchev–Trinajstić information content (AvgIpc) is 3.28. The van der Waals surface area contributed by atoms with Gasteiger partial charge in [-0.2, -0.15) is 5.10 Å². The van der Waals surface area contributed by atoms with E-state index in [1.54, 1.807) is 40.0 Å². The Kier molecular flexibility index (Phi) is 3.51. The predicted molar refractivity (Wildman–Crippen MR) is 106 cm³/mol. The van der Waals surface area contributed by atoms with E-state index in [4.69, 9.17) is 0 Å². The van der Waals surface area contributed by atoms with Gasteiger partial charge in [-0.3, -0.25) is 23.6 Å². The molecule has 0 unspecified atom stereocenters. The number of aryl methyl sites for hydroxylation is 1. The Bertz CT molecular complexity index is 1380. The Morgan fingerprint density at radius 1 is 1.18 bits per heavy atom. The minimum atomic E-state index is -0.373. The van der Waals surface area contributed by atoms with Gasteiger partial charge in [-0.15, -0.1) is 0 Å². The molecule has 5 rings (SSSR count). The van der Waals surface area contributed by atoms with Gasteiger partial charge in [-0.1, -0.05) is 6.08 Å². The van der Waals surface area contributed by atoms with Gasteiger partial charge in [0.1, 0.15) is 5.52 Å². The second kappa shape index (κ2) is 6.05. The van der Waals surface area contributed by atoms with Gasteiger partial charge < -0.3 is 4.98 Å². The van der Waals surface area contributed by atoms with E-state index in [1.165, 1.54) is 4.57 Å². The maximum atomic E-state index is 13.2. The fourth-order valence-electron chi connectivity index (χ4n) is 3.34. The van der Waals surface area contributed by atoms with E-state index in [9.17, 15) is 9.59 Å². The summed E-state index contributed by atoms with van der Waals surface area (Å²) in [6.07, 6.45) is 12.4. The van der Waals surface area contributed by atoms with Crippen molar-refractivity contribution in [3.8, 4) is 11.3 Å². The third-order valence-corrected chi connectivity index (χ3v) is 4.82. The van der Waals surface area contributed by atoms with Crippen molar-refractivity contribution in [2.75, 3.05) is 0 Å². The van der Waals surface area contributed by atoms with Gasteiger partial charge in [0, 0.05) is 31.2 Å². The molecule has 1 aliphatic carbocycles. The Balaban J connectivity index is 1.77. The number of allylic oxidation sites excluding steroid dienone is 4. The van der Waals surface area contributed by atoms with E-state index >= 15 is 0 Å². The van der Waals surface area contributed by atoms with E-state index in [0.29, 0.717) is 11.0 Å². The number of pyridine rings is 1. The van der Waals surface area contributed by atoms with Crippen LogP contribution in [0.25, 0.3) is 28.0 Å². The van der Waals surface area contributed by atoms with Crippen LogP contribution in [-0.4, -0.2) is 28.9 Å². The molecule has 0 saturated carbocycles. The van der Waals surface area contributed by atoms with Crippen LogP contribution in [0.15, 0.2) is 70.8 Å². The molecule has 0 aliphatic heterocycles. The van der Waals surface area contributed by atoms with Crippen molar-refractivity contribution >= 4 is 16.7 Å². The quantitative estimate of drug-likeness (QED) is 0.591. The molecule has 28 heavy (non-hydrogen) atoms. The summed E-state index contributed by atoms with van der Waals surface area (Å²) in [6, 6.07) is 5.40. The van der Waals surface area contributed by atoms with Crippen LogP contribution < -0.4 is 11.2 Å². The van der Waals surface area contributed by atoms with Crippen molar-refractivity contribution in [2.24, 2.45) is 7.05 Å². The molecule has 4 aromatic heterocycles. The molecule has 4 aromatic rings. The molecule has 0 radical (unpaired) electrons. The highest BCUT2D eigenvalue weighted by atomic mass is 16.2. The van der Waals surface area contributed by atoms with E-state index in [2.05, 4.69) is 15.1 Å². The molecule has 0 saturated heterocycles. The van der Waals surface area contributed by atoms with Crippen LogP contribution in [0.5, 0.6) is 0 Å². The van der Waals surface area contributed by atoms with Gasteiger partial charge in [0.25, 0.3) is 5.56 Å². The Labute approximate surface area is 158 Å². The lowest BCUT2D eigenvalue weighted by molar-refractivity contribution is 0.688. The van der Waals surface area contributed by atoms with Crippen molar-refractivity contribution in [1.29, 1.82) is 0 Å². The Morgan fingerprint density at radius 3 is 2.61 bits per heavy atom. The van der Waals surface area contributed by atoms with E-state index < -0.39 is 0 Å². The summed E-state index contributed by atoms with van der Waals surface area (Å²) in [7, 11) is 1.83. The van der Waals surface area contributed by atoms with E-state index in [0.717, 1.165) is 22.5 Å². The first-order chi connectivity index (χ1) is 13.6. The maximum absolute atomic E-state index is 13.2. The third kappa shape index (κ3) is 2.46. The van der Waals surface area contributed by atoms with Crippen LogP contribution in [0.3, 0.4) is 0 Å². The van der Waals surface area contributed by atoms with Crippen molar-refractivity contribution in [3.05, 3.63) is 87.6 Å². The number of rotatable bonds is 4. The standard InChI is InChI=1S/C20H16N6O2/c1-24-12-14(10-22-24)16-9-17-18(23-16)19(27)25(11-13-5-7-21-8-6-13)20(28)26(17)15-3-2-4-15/h2-10,12,23H,11H2,1H3. The number of hydrogen-bond donors (Lipinski definition) is 1. The summed E-state index contributed by atoms with van der Waals surface area (Å²) >= 11 is 0. The molecule has 0 aromatic carbocycles. The van der Waals surface area contributed by atoms with Crippen molar-refractivity contribution in [2.45, 2.75) is 6.54 Å². The zero-order valence-corrected chi connectivity index (χ0v) is 15.0. The number of aromatic nitrogens is 6. The molecule has 1 N–H and O–H groups in total. The second-order valence-corrected chi connectivity index (χ2v) is 6.66. The number of nitrogens with one attached hydrogen (secondary N) is 1. The highest BCUT2D eigenvalue weighted by Gasteiger charge is 2.19. The molecule has 0 spiro atoms. The van der Waals surface area contributed by atoms with Gasteiger partial charge in [0.05, 0.1) is 29.6 Å². The molecule has 0 fully saturated rings. The molecular weight excluding hydrogens is 356 g/mol. The Hall–Kier alpha value is -3.94. The number of aromatic amines is 1. The molecule has 0 atom stereocenters. The van der Waals surface area contributed by atoms with Crippen LogP contribution in [0.2, 0.25) is 0 Å². The van der Waals surface area contributed by atoms with E-state index in [-0.39, 0.29) is 17.8 Å². The largest absolute Gasteiger partial charge is 0.349 e. The Morgan fingerprint density at radius 2 is 1.96 bits per heavy atom. The van der Waals surface area contributed by atoms with Crippen LogP contribution in [0.1, 0.15) is 5.56 Å². The third-order valence-electron chi connectivity index (χ3n) is 4.82. The molecule has 8 heteroatoms. The van der Waals surface area contributed by atoms with Crippen LogP contribution in [0.4, 0.5) is 0 Å². The summed E-state index contributed by atoms with van der Waals surface area (Å²) < 4.78 is 4.50. The number of nitrogens with zero attached hydrogens (tertiary/aromatic N) is 5. The minimum absolute atomic E-state index is 0.175. The summed E-state index contributed by atoms with van der Waals surface area (Å²) in [5, 5.41) is 4.18. The molecule has 8 nitrogen and oxygen atoms in total. The molecule has 1 aliphatic rings. The fraction of sp³-hybridized carbons (Fsp3) is 0.100. The summed E-state index contributed by atoms with van der Waals surface area (Å²) in [4.78, 5) is 33.5. The van der Waals surface area contributed by atoms with Crippen LogP contribution >= 0.6 is 0 Å². The van der Waals surface area contributed by atoms with Gasteiger partial charge in [-0.05, 0) is 35.9 Å². The van der Waals surface area contributed by atoms with Gasteiger partial charge >= 0.3 is 5.69 Å². The lowest BCUT2D eigenvalue weighted by atomic mass is 10.2. The first-order valence-corrected chi connectivity index (χ1v) is 8.77. The van der Waals surface area contributed by atoms with E-state index in [1.807, 2.05) is 37.5 Å². The van der Waals surface area contributed by atoms with Gasteiger partial charge in [-0.25, -0.2) is 4.79 Å². The zero-order chi connectivity index (χ0) is 19.3. The normalized spacial score (nSPS) is 13.0. The summed E-state index contributed by atoms with van der Waals surface area (Å²) in [5.41, 5.74) is 3.36.